The Balaban J connectivity index is 1.36. The molecule has 43 heavy (non-hydrogen) atoms. The van der Waals surface area contributed by atoms with E-state index in [1.807, 2.05) is 30.3 Å². The van der Waals surface area contributed by atoms with E-state index >= 15 is 0 Å². The molecule has 10 nitrogen and oxygen atoms in total. The van der Waals surface area contributed by atoms with Gasteiger partial charge in [-0.1, -0.05) is 67.8 Å². The Labute approximate surface area is 250 Å². The first-order valence-electron chi connectivity index (χ1n) is 14.3. The second kappa shape index (κ2) is 12.6. The molecule has 2 fully saturated rings. The zero-order valence-electron chi connectivity index (χ0n) is 24.2. The summed E-state index contributed by atoms with van der Waals surface area (Å²) in [4.78, 5) is 56.0. The SMILES string of the molecule is COc1cccc(OC)c1C(=O)Nc1ccc(CC(C(=O)O)N2C(=O)N(Cc3ccccc3)C3(CCCCC3)C2=O)cc1. The van der Waals surface area contributed by atoms with Gasteiger partial charge in [0.25, 0.3) is 11.8 Å². The van der Waals surface area contributed by atoms with Gasteiger partial charge in [0.1, 0.15) is 28.6 Å². The van der Waals surface area contributed by atoms with Gasteiger partial charge in [-0.15, -0.1) is 0 Å². The fourth-order valence-corrected chi connectivity index (χ4v) is 6.12. The predicted octanol–water partition coefficient (Wildman–Crippen LogP) is 5.12. The molecule has 2 N–H and O–H groups in total. The van der Waals surface area contributed by atoms with Gasteiger partial charge in [-0.2, -0.15) is 0 Å². The Hall–Kier alpha value is -4.86. The molecule has 1 atom stereocenters. The standard InChI is InChI=1S/C33H35N3O7/c1-42-26-12-9-13-27(43-2)28(26)29(37)34-24-16-14-22(15-17-24)20-25(30(38)39)36-31(40)33(18-7-4-8-19-33)35(32(36)41)21-23-10-5-3-6-11-23/h3,5-6,9-17,25H,4,7-8,18-21H2,1-2H3,(H,34,37)(H,38,39). The Bertz CT molecular complexity index is 1480. The number of hydrogen-bond donors (Lipinski definition) is 2. The Morgan fingerprint density at radius 2 is 1.49 bits per heavy atom. The summed E-state index contributed by atoms with van der Waals surface area (Å²) in [5.41, 5.74) is 1.15. The zero-order chi connectivity index (χ0) is 30.6. The first-order valence-corrected chi connectivity index (χ1v) is 14.3. The summed E-state index contributed by atoms with van der Waals surface area (Å²) < 4.78 is 10.6. The number of anilines is 1. The number of benzene rings is 3. The fraction of sp³-hybridized carbons (Fsp3) is 0.333. The molecule has 1 saturated heterocycles. The lowest BCUT2D eigenvalue weighted by Crippen LogP contribution is -2.51. The van der Waals surface area contributed by atoms with E-state index in [1.165, 1.54) is 14.2 Å². The Morgan fingerprint density at radius 3 is 2.07 bits per heavy atom. The van der Waals surface area contributed by atoms with Gasteiger partial charge in [-0.05, 0) is 48.2 Å². The van der Waals surface area contributed by atoms with Gasteiger partial charge >= 0.3 is 12.0 Å². The molecule has 5 rings (SSSR count). The molecular weight excluding hydrogens is 550 g/mol. The smallest absolute Gasteiger partial charge is 0.328 e. The van der Waals surface area contributed by atoms with Crippen LogP contribution in [0.3, 0.4) is 0 Å². The van der Waals surface area contributed by atoms with Crippen molar-refractivity contribution in [3.63, 3.8) is 0 Å². The van der Waals surface area contributed by atoms with Gasteiger partial charge in [0.15, 0.2) is 0 Å². The predicted molar refractivity (Wildman–Crippen MR) is 159 cm³/mol. The second-order valence-corrected chi connectivity index (χ2v) is 10.9. The number of carboxylic acids is 1. The van der Waals surface area contributed by atoms with Crippen molar-refractivity contribution in [3.8, 4) is 11.5 Å². The highest BCUT2D eigenvalue weighted by molar-refractivity contribution is 6.10. The average Bonchev–Trinajstić information content (AvgIpc) is 3.21. The van der Waals surface area contributed by atoms with Crippen LogP contribution >= 0.6 is 0 Å². The number of carbonyl (C=O) groups is 4. The third-order valence-corrected chi connectivity index (χ3v) is 8.33. The molecule has 1 aliphatic carbocycles. The van der Waals surface area contributed by atoms with Crippen molar-refractivity contribution in [1.29, 1.82) is 0 Å². The monoisotopic (exact) mass is 585 g/mol. The number of nitrogens with one attached hydrogen (secondary N) is 1. The summed E-state index contributed by atoms with van der Waals surface area (Å²) in [6, 6.07) is 19.2. The molecule has 0 bridgehead atoms. The first-order chi connectivity index (χ1) is 20.8. The van der Waals surface area contributed by atoms with Crippen molar-refractivity contribution >= 4 is 29.5 Å². The number of hydrogen-bond acceptors (Lipinski definition) is 6. The van der Waals surface area contributed by atoms with Crippen molar-refractivity contribution in [1.82, 2.24) is 9.80 Å². The maximum atomic E-state index is 14.0. The van der Waals surface area contributed by atoms with Gasteiger partial charge < -0.3 is 24.8 Å². The van der Waals surface area contributed by atoms with Crippen LogP contribution in [0.1, 0.15) is 53.6 Å². The van der Waals surface area contributed by atoms with Gasteiger partial charge in [-0.25, -0.2) is 14.5 Å². The van der Waals surface area contributed by atoms with E-state index in [4.69, 9.17) is 9.47 Å². The highest BCUT2D eigenvalue weighted by atomic mass is 16.5. The molecule has 0 radical (unpaired) electrons. The number of aliphatic carboxylic acids is 1. The molecule has 3 aromatic rings. The molecule has 1 unspecified atom stereocenters. The number of ether oxygens (including phenoxy) is 2. The van der Waals surface area contributed by atoms with E-state index in [1.54, 1.807) is 47.4 Å². The lowest BCUT2D eigenvalue weighted by molar-refractivity contribution is -0.148. The van der Waals surface area contributed by atoms with Crippen molar-refractivity contribution in [2.75, 3.05) is 19.5 Å². The number of carbonyl (C=O) groups excluding carboxylic acids is 3. The van der Waals surface area contributed by atoms with E-state index in [2.05, 4.69) is 5.32 Å². The summed E-state index contributed by atoms with van der Waals surface area (Å²) in [6.07, 6.45) is 3.51. The number of carboxylic acid groups (broad SMARTS) is 1. The molecule has 0 aromatic heterocycles. The van der Waals surface area contributed by atoms with Crippen LogP contribution in [0.4, 0.5) is 10.5 Å². The van der Waals surface area contributed by atoms with Gasteiger partial charge in [-0.3, -0.25) is 9.59 Å². The highest BCUT2D eigenvalue weighted by Crippen LogP contribution is 2.42. The first kappa shape index (κ1) is 29.6. The van der Waals surface area contributed by atoms with E-state index in [0.717, 1.165) is 29.7 Å². The normalized spacial score (nSPS) is 16.7. The van der Waals surface area contributed by atoms with Crippen LogP contribution in [0.25, 0.3) is 0 Å². The average molecular weight is 586 g/mol. The lowest BCUT2D eigenvalue weighted by Gasteiger charge is -2.38. The Morgan fingerprint density at radius 1 is 0.860 bits per heavy atom. The maximum Gasteiger partial charge on any atom is 0.328 e. The van der Waals surface area contributed by atoms with Crippen LogP contribution in [-0.2, 0) is 22.6 Å². The third kappa shape index (κ3) is 5.77. The van der Waals surface area contributed by atoms with Crippen LogP contribution < -0.4 is 14.8 Å². The summed E-state index contributed by atoms with van der Waals surface area (Å²) in [5.74, 6) is -1.41. The number of nitrogens with zero attached hydrogens (tertiary/aromatic N) is 2. The fourth-order valence-electron chi connectivity index (χ4n) is 6.12. The molecule has 1 heterocycles. The minimum atomic E-state index is -1.38. The molecule has 224 valence electrons. The molecule has 1 saturated carbocycles. The van der Waals surface area contributed by atoms with E-state index in [-0.39, 0.29) is 18.5 Å². The molecule has 3 aromatic carbocycles. The number of imide groups is 1. The van der Waals surface area contributed by atoms with Crippen molar-refractivity contribution in [2.24, 2.45) is 0 Å². The molecule has 2 aliphatic rings. The van der Waals surface area contributed by atoms with E-state index in [9.17, 15) is 24.3 Å². The third-order valence-electron chi connectivity index (χ3n) is 8.33. The highest BCUT2D eigenvalue weighted by Gasteiger charge is 2.59. The summed E-state index contributed by atoms with van der Waals surface area (Å²) in [7, 11) is 2.93. The molecular formula is C33H35N3O7. The topological polar surface area (TPSA) is 125 Å². The molecule has 1 spiro atoms. The number of urea groups is 1. The van der Waals surface area contributed by atoms with Crippen LogP contribution in [0, 0.1) is 0 Å². The number of amides is 4. The molecule has 1 aliphatic heterocycles. The number of rotatable bonds is 10. The van der Waals surface area contributed by atoms with Crippen LogP contribution in [0.15, 0.2) is 72.8 Å². The van der Waals surface area contributed by atoms with Gasteiger partial charge in [0.05, 0.1) is 14.2 Å². The van der Waals surface area contributed by atoms with E-state index in [0.29, 0.717) is 35.6 Å². The quantitative estimate of drug-likeness (QED) is 0.317. The maximum absolute atomic E-state index is 14.0. The molecule has 4 amide bonds. The summed E-state index contributed by atoms with van der Waals surface area (Å²) in [5, 5.41) is 13.1. The second-order valence-electron chi connectivity index (χ2n) is 10.9. The number of methoxy groups -OCH3 is 2. The van der Waals surface area contributed by atoms with Gasteiger partial charge in [0, 0.05) is 18.7 Å². The zero-order valence-corrected chi connectivity index (χ0v) is 24.2. The van der Waals surface area contributed by atoms with Crippen LogP contribution in [0.5, 0.6) is 11.5 Å². The Kier molecular flexibility index (Phi) is 8.66. The summed E-state index contributed by atoms with van der Waals surface area (Å²) in [6.45, 7) is 0.236. The molecule has 10 heteroatoms. The van der Waals surface area contributed by atoms with Crippen molar-refractivity contribution in [3.05, 3.63) is 89.5 Å². The van der Waals surface area contributed by atoms with Gasteiger partial charge in [0.2, 0.25) is 0 Å². The van der Waals surface area contributed by atoms with Crippen molar-refractivity contribution < 1.29 is 33.8 Å². The van der Waals surface area contributed by atoms with E-state index < -0.39 is 35.4 Å². The lowest BCUT2D eigenvalue weighted by atomic mass is 9.80. The minimum absolute atomic E-state index is 0.0728. The van der Waals surface area contributed by atoms with Crippen LogP contribution in [-0.4, -0.2) is 64.5 Å². The minimum Gasteiger partial charge on any atom is -0.496 e. The van der Waals surface area contributed by atoms with Crippen molar-refractivity contribution in [2.45, 2.75) is 56.7 Å². The van der Waals surface area contributed by atoms with Crippen LogP contribution in [0.2, 0.25) is 0 Å². The largest absolute Gasteiger partial charge is 0.496 e. The summed E-state index contributed by atoms with van der Waals surface area (Å²) >= 11 is 0.